The fourth-order valence-corrected chi connectivity index (χ4v) is 3.34. The third-order valence-corrected chi connectivity index (χ3v) is 4.61. The van der Waals surface area contributed by atoms with Crippen molar-refractivity contribution in [3.05, 3.63) is 0 Å². The number of piperidine rings is 1. The highest BCUT2D eigenvalue weighted by atomic mass is 16.5. The van der Waals surface area contributed by atoms with Crippen LogP contribution in [0.4, 0.5) is 0 Å². The molecule has 4 nitrogen and oxygen atoms in total. The summed E-state index contributed by atoms with van der Waals surface area (Å²) in [6.45, 7) is 5.88. The molecule has 0 N–H and O–H groups in total. The number of likely N-dealkylation sites (tertiary alicyclic amines) is 1. The Bertz CT molecular complexity index is 334. The number of carbonyl (C=O) groups is 2. The molecule has 1 saturated heterocycles. The van der Waals surface area contributed by atoms with E-state index in [1.807, 2.05) is 11.8 Å². The van der Waals surface area contributed by atoms with Crippen molar-refractivity contribution in [2.45, 2.75) is 46.0 Å². The molecule has 2 atom stereocenters. The molecular formula is C15H25NO3. The van der Waals surface area contributed by atoms with E-state index >= 15 is 0 Å². The molecule has 0 spiro atoms. The Hall–Kier alpha value is -1.06. The zero-order chi connectivity index (χ0) is 13.8. The number of hydrogen-bond donors (Lipinski definition) is 0. The molecule has 1 saturated carbocycles. The summed E-state index contributed by atoms with van der Waals surface area (Å²) in [5.74, 6) is 0.954. The standard InChI is InChI=1S/C15H25NO3/c1-3-19-15(18)12-7-9-16(10-8-12)14(17)13-6-4-5-11(13)2/h11-13H,3-10H2,1-2H3. The summed E-state index contributed by atoms with van der Waals surface area (Å²) in [5, 5.41) is 0. The van der Waals surface area contributed by atoms with Crippen LogP contribution in [0.25, 0.3) is 0 Å². The van der Waals surface area contributed by atoms with E-state index in [-0.39, 0.29) is 17.8 Å². The van der Waals surface area contributed by atoms with Gasteiger partial charge in [0, 0.05) is 19.0 Å². The maximum absolute atomic E-state index is 12.4. The van der Waals surface area contributed by atoms with E-state index in [1.165, 1.54) is 12.8 Å². The van der Waals surface area contributed by atoms with Crippen LogP contribution in [0.3, 0.4) is 0 Å². The molecule has 0 radical (unpaired) electrons. The van der Waals surface area contributed by atoms with Crippen LogP contribution in [0.1, 0.15) is 46.0 Å². The van der Waals surface area contributed by atoms with Crippen molar-refractivity contribution in [1.29, 1.82) is 0 Å². The van der Waals surface area contributed by atoms with Crippen LogP contribution in [0.15, 0.2) is 0 Å². The molecule has 2 fully saturated rings. The predicted molar refractivity (Wildman–Crippen MR) is 72.4 cm³/mol. The number of esters is 1. The van der Waals surface area contributed by atoms with Gasteiger partial charge < -0.3 is 9.64 Å². The quantitative estimate of drug-likeness (QED) is 0.737. The molecule has 0 aromatic rings. The number of nitrogens with zero attached hydrogens (tertiary/aromatic N) is 1. The Labute approximate surface area is 115 Å². The van der Waals surface area contributed by atoms with E-state index < -0.39 is 0 Å². The summed E-state index contributed by atoms with van der Waals surface area (Å²) in [4.78, 5) is 26.0. The van der Waals surface area contributed by atoms with Gasteiger partial charge in [0.05, 0.1) is 12.5 Å². The fraction of sp³-hybridized carbons (Fsp3) is 0.867. The number of carbonyl (C=O) groups excluding carboxylic acids is 2. The van der Waals surface area contributed by atoms with E-state index in [2.05, 4.69) is 6.92 Å². The fourth-order valence-electron chi connectivity index (χ4n) is 3.34. The predicted octanol–water partition coefficient (Wildman–Crippen LogP) is 2.22. The second-order valence-corrected chi connectivity index (χ2v) is 5.87. The van der Waals surface area contributed by atoms with Crippen LogP contribution < -0.4 is 0 Å². The zero-order valence-electron chi connectivity index (χ0n) is 12.1. The minimum atomic E-state index is -0.0937. The van der Waals surface area contributed by atoms with Gasteiger partial charge in [-0.05, 0) is 38.5 Å². The van der Waals surface area contributed by atoms with Gasteiger partial charge in [-0.1, -0.05) is 13.3 Å². The summed E-state index contributed by atoms with van der Waals surface area (Å²) in [5.41, 5.74) is 0. The van der Waals surface area contributed by atoms with Crippen LogP contribution >= 0.6 is 0 Å². The van der Waals surface area contributed by atoms with Crippen molar-refractivity contribution in [2.24, 2.45) is 17.8 Å². The zero-order valence-corrected chi connectivity index (χ0v) is 12.1. The highest BCUT2D eigenvalue weighted by molar-refractivity contribution is 5.80. The van der Waals surface area contributed by atoms with Gasteiger partial charge in [-0.3, -0.25) is 9.59 Å². The molecule has 0 aromatic carbocycles. The molecule has 0 aromatic heterocycles. The molecule has 0 bridgehead atoms. The third kappa shape index (κ3) is 3.28. The average molecular weight is 267 g/mol. The summed E-state index contributed by atoms with van der Waals surface area (Å²) in [6, 6.07) is 0. The minimum absolute atomic E-state index is 0.00926. The maximum Gasteiger partial charge on any atom is 0.309 e. The summed E-state index contributed by atoms with van der Waals surface area (Å²) in [7, 11) is 0. The number of rotatable bonds is 3. The molecule has 1 heterocycles. The van der Waals surface area contributed by atoms with Crippen molar-refractivity contribution in [3.63, 3.8) is 0 Å². The van der Waals surface area contributed by atoms with E-state index in [1.54, 1.807) is 0 Å². The molecule has 19 heavy (non-hydrogen) atoms. The monoisotopic (exact) mass is 267 g/mol. The SMILES string of the molecule is CCOC(=O)C1CCN(C(=O)C2CCCC2C)CC1. The highest BCUT2D eigenvalue weighted by Crippen LogP contribution is 2.33. The van der Waals surface area contributed by atoms with Gasteiger partial charge in [0.2, 0.25) is 5.91 Å². The van der Waals surface area contributed by atoms with Crippen LogP contribution in [0, 0.1) is 17.8 Å². The van der Waals surface area contributed by atoms with E-state index in [0.717, 1.165) is 19.3 Å². The first-order valence-electron chi connectivity index (χ1n) is 7.59. The van der Waals surface area contributed by atoms with Gasteiger partial charge in [-0.2, -0.15) is 0 Å². The lowest BCUT2D eigenvalue weighted by Crippen LogP contribution is -2.43. The van der Waals surface area contributed by atoms with Crippen molar-refractivity contribution < 1.29 is 14.3 Å². The van der Waals surface area contributed by atoms with Gasteiger partial charge in [0.25, 0.3) is 0 Å². The molecule has 1 amide bonds. The highest BCUT2D eigenvalue weighted by Gasteiger charge is 2.35. The van der Waals surface area contributed by atoms with E-state index in [4.69, 9.17) is 4.74 Å². The van der Waals surface area contributed by atoms with Crippen molar-refractivity contribution in [1.82, 2.24) is 4.90 Å². The Kier molecular flexibility index (Phi) is 4.83. The molecule has 2 aliphatic rings. The molecule has 2 unspecified atom stereocenters. The van der Waals surface area contributed by atoms with Gasteiger partial charge in [0.1, 0.15) is 0 Å². The number of ether oxygens (including phenoxy) is 1. The van der Waals surface area contributed by atoms with Gasteiger partial charge >= 0.3 is 5.97 Å². The summed E-state index contributed by atoms with van der Waals surface area (Å²) in [6.07, 6.45) is 4.90. The first kappa shape index (κ1) is 14.4. The lowest BCUT2D eigenvalue weighted by molar-refractivity contribution is -0.152. The maximum atomic E-state index is 12.4. The molecular weight excluding hydrogens is 242 g/mol. The van der Waals surface area contributed by atoms with E-state index in [9.17, 15) is 9.59 Å². The lowest BCUT2D eigenvalue weighted by atomic mass is 9.93. The van der Waals surface area contributed by atoms with Crippen molar-refractivity contribution in [3.8, 4) is 0 Å². The Balaban J connectivity index is 1.82. The minimum Gasteiger partial charge on any atom is -0.466 e. The molecule has 108 valence electrons. The van der Waals surface area contributed by atoms with Crippen molar-refractivity contribution in [2.75, 3.05) is 19.7 Å². The van der Waals surface area contributed by atoms with Crippen molar-refractivity contribution >= 4 is 11.9 Å². The van der Waals surface area contributed by atoms with E-state index in [0.29, 0.717) is 31.5 Å². The first-order chi connectivity index (χ1) is 9.13. The second kappa shape index (κ2) is 6.40. The summed E-state index contributed by atoms with van der Waals surface area (Å²) >= 11 is 0. The third-order valence-electron chi connectivity index (χ3n) is 4.61. The van der Waals surface area contributed by atoms with Crippen LogP contribution in [0.5, 0.6) is 0 Å². The molecule has 4 heteroatoms. The smallest absolute Gasteiger partial charge is 0.309 e. The largest absolute Gasteiger partial charge is 0.466 e. The average Bonchev–Trinajstić information content (AvgIpc) is 2.84. The molecule has 1 aliphatic heterocycles. The first-order valence-corrected chi connectivity index (χ1v) is 7.59. The van der Waals surface area contributed by atoms with Gasteiger partial charge in [0.15, 0.2) is 0 Å². The second-order valence-electron chi connectivity index (χ2n) is 5.87. The number of hydrogen-bond acceptors (Lipinski definition) is 3. The Morgan fingerprint density at radius 1 is 1.16 bits per heavy atom. The van der Waals surface area contributed by atoms with Gasteiger partial charge in [-0.15, -0.1) is 0 Å². The molecule has 1 aliphatic carbocycles. The van der Waals surface area contributed by atoms with Gasteiger partial charge in [-0.25, -0.2) is 0 Å². The lowest BCUT2D eigenvalue weighted by Gasteiger charge is -2.33. The normalized spacial score (nSPS) is 28.4. The summed E-state index contributed by atoms with van der Waals surface area (Å²) < 4.78 is 5.05. The molecule has 2 rings (SSSR count). The van der Waals surface area contributed by atoms with Crippen LogP contribution in [-0.2, 0) is 14.3 Å². The van der Waals surface area contributed by atoms with Crippen LogP contribution in [-0.4, -0.2) is 36.5 Å². The Morgan fingerprint density at radius 2 is 1.84 bits per heavy atom. The topological polar surface area (TPSA) is 46.6 Å². The van der Waals surface area contributed by atoms with Crippen LogP contribution in [0.2, 0.25) is 0 Å². The Morgan fingerprint density at radius 3 is 2.37 bits per heavy atom. The number of amides is 1.